The predicted molar refractivity (Wildman–Crippen MR) is 74.5 cm³/mol. The number of carbonyl (C=O) groups is 1. The Hall–Kier alpha value is -0.650. The van der Waals surface area contributed by atoms with Crippen molar-refractivity contribution in [2.75, 3.05) is 53.9 Å². The molecular formula is C13H28N4O. The third-order valence-electron chi connectivity index (χ3n) is 3.72. The first-order chi connectivity index (χ1) is 8.54. The minimum absolute atomic E-state index is 0.187. The molecule has 5 heteroatoms. The van der Waals surface area contributed by atoms with E-state index in [1.54, 1.807) is 4.90 Å². The quantitative estimate of drug-likeness (QED) is 0.686. The third kappa shape index (κ3) is 4.92. The Labute approximate surface area is 111 Å². The number of nitrogens with two attached hydrogens (primary N) is 1. The summed E-state index contributed by atoms with van der Waals surface area (Å²) < 4.78 is 0. The highest BCUT2D eigenvalue weighted by molar-refractivity contribution is 5.77. The Morgan fingerprint density at radius 1 is 1.44 bits per heavy atom. The number of likely N-dealkylation sites (N-methyl/N-ethyl adjacent to an activating group) is 3. The lowest BCUT2D eigenvalue weighted by Crippen LogP contribution is -2.42. The van der Waals surface area contributed by atoms with Crippen LogP contribution in [0.5, 0.6) is 0 Å². The maximum Gasteiger partial charge on any atom is 0.236 e. The number of amides is 1. The van der Waals surface area contributed by atoms with E-state index < -0.39 is 0 Å². The van der Waals surface area contributed by atoms with Crippen molar-refractivity contribution in [3.63, 3.8) is 0 Å². The molecule has 1 heterocycles. The molecule has 0 bridgehead atoms. The third-order valence-corrected chi connectivity index (χ3v) is 3.72. The van der Waals surface area contributed by atoms with Crippen LogP contribution in [0.25, 0.3) is 0 Å². The summed E-state index contributed by atoms with van der Waals surface area (Å²) in [6.45, 7) is 4.06. The molecule has 1 atom stereocenters. The summed E-state index contributed by atoms with van der Waals surface area (Å²) >= 11 is 0. The zero-order chi connectivity index (χ0) is 13.5. The van der Waals surface area contributed by atoms with Crippen LogP contribution in [-0.4, -0.2) is 80.5 Å². The van der Waals surface area contributed by atoms with Gasteiger partial charge >= 0.3 is 0 Å². The second kappa shape index (κ2) is 7.71. The van der Waals surface area contributed by atoms with Gasteiger partial charge in [0, 0.05) is 26.2 Å². The second-order valence-electron chi connectivity index (χ2n) is 5.43. The van der Waals surface area contributed by atoms with Crippen LogP contribution in [0.1, 0.15) is 19.3 Å². The van der Waals surface area contributed by atoms with E-state index in [9.17, 15) is 4.79 Å². The van der Waals surface area contributed by atoms with Gasteiger partial charge in [0.1, 0.15) is 0 Å². The van der Waals surface area contributed by atoms with Gasteiger partial charge in [0.2, 0.25) is 5.91 Å². The molecule has 0 radical (unpaired) electrons. The highest BCUT2D eigenvalue weighted by Gasteiger charge is 2.23. The molecular weight excluding hydrogens is 228 g/mol. The van der Waals surface area contributed by atoms with Crippen LogP contribution in [0, 0.1) is 0 Å². The van der Waals surface area contributed by atoms with Gasteiger partial charge in [-0.25, -0.2) is 0 Å². The summed E-state index contributed by atoms with van der Waals surface area (Å²) in [6.07, 6.45) is 3.40. The average Bonchev–Trinajstić information content (AvgIpc) is 2.71. The Kier molecular flexibility index (Phi) is 6.60. The van der Waals surface area contributed by atoms with Gasteiger partial charge in [0.25, 0.3) is 0 Å². The normalized spacial score (nSPS) is 20.6. The van der Waals surface area contributed by atoms with E-state index in [0.717, 1.165) is 19.5 Å². The Morgan fingerprint density at radius 2 is 2.17 bits per heavy atom. The highest BCUT2D eigenvalue weighted by Crippen LogP contribution is 2.15. The number of rotatable bonds is 7. The van der Waals surface area contributed by atoms with E-state index >= 15 is 0 Å². The molecule has 1 fully saturated rings. The van der Waals surface area contributed by atoms with Crippen molar-refractivity contribution < 1.29 is 4.79 Å². The lowest BCUT2D eigenvalue weighted by molar-refractivity contribution is -0.130. The van der Waals surface area contributed by atoms with Gasteiger partial charge < -0.3 is 15.5 Å². The van der Waals surface area contributed by atoms with Crippen LogP contribution >= 0.6 is 0 Å². The molecule has 0 aromatic heterocycles. The molecule has 1 unspecified atom stereocenters. The molecule has 0 spiro atoms. The van der Waals surface area contributed by atoms with E-state index in [1.807, 2.05) is 14.1 Å². The van der Waals surface area contributed by atoms with Crippen molar-refractivity contribution >= 4 is 5.91 Å². The van der Waals surface area contributed by atoms with Crippen molar-refractivity contribution in [3.05, 3.63) is 0 Å². The van der Waals surface area contributed by atoms with Gasteiger partial charge in [-0.05, 0) is 46.4 Å². The van der Waals surface area contributed by atoms with Crippen LogP contribution < -0.4 is 5.73 Å². The average molecular weight is 256 g/mol. The number of hydrogen-bond acceptors (Lipinski definition) is 4. The van der Waals surface area contributed by atoms with Gasteiger partial charge in [0.15, 0.2) is 0 Å². The summed E-state index contributed by atoms with van der Waals surface area (Å²) in [5.41, 5.74) is 5.45. The highest BCUT2D eigenvalue weighted by atomic mass is 16.2. The van der Waals surface area contributed by atoms with E-state index in [4.69, 9.17) is 5.73 Å². The van der Waals surface area contributed by atoms with Gasteiger partial charge in [-0.3, -0.25) is 9.69 Å². The van der Waals surface area contributed by atoms with Crippen molar-refractivity contribution in [3.8, 4) is 0 Å². The summed E-state index contributed by atoms with van der Waals surface area (Å²) in [5, 5.41) is 0. The lowest BCUT2D eigenvalue weighted by atomic mass is 10.2. The molecule has 1 aliphatic heterocycles. The molecule has 0 aromatic carbocycles. The number of nitrogens with zero attached hydrogens (tertiary/aromatic N) is 3. The van der Waals surface area contributed by atoms with Crippen LogP contribution in [-0.2, 0) is 4.79 Å². The largest absolute Gasteiger partial charge is 0.345 e. The van der Waals surface area contributed by atoms with Gasteiger partial charge in [-0.2, -0.15) is 0 Å². The molecule has 1 saturated heterocycles. The van der Waals surface area contributed by atoms with Crippen molar-refractivity contribution in [2.24, 2.45) is 5.73 Å². The summed E-state index contributed by atoms with van der Waals surface area (Å²) in [7, 11) is 6.05. The summed E-state index contributed by atoms with van der Waals surface area (Å²) in [4.78, 5) is 18.2. The van der Waals surface area contributed by atoms with E-state index in [0.29, 0.717) is 19.1 Å². The lowest BCUT2D eigenvalue weighted by Gasteiger charge is -2.27. The minimum atomic E-state index is 0.187. The van der Waals surface area contributed by atoms with Crippen molar-refractivity contribution in [2.45, 2.75) is 25.3 Å². The Bertz CT molecular complexity index is 259. The zero-order valence-corrected chi connectivity index (χ0v) is 12.1. The maximum atomic E-state index is 11.9. The fourth-order valence-corrected chi connectivity index (χ4v) is 2.44. The van der Waals surface area contributed by atoms with Crippen LogP contribution in [0.3, 0.4) is 0 Å². The van der Waals surface area contributed by atoms with E-state index in [-0.39, 0.29) is 5.91 Å². The number of hydrogen-bond donors (Lipinski definition) is 1. The topological polar surface area (TPSA) is 52.8 Å². The predicted octanol–water partition coefficient (Wildman–Crippen LogP) is -0.180. The molecule has 18 heavy (non-hydrogen) atoms. The smallest absolute Gasteiger partial charge is 0.236 e. The molecule has 0 saturated carbocycles. The molecule has 106 valence electrons. The molecule has 0 aliphatic carbocycles. The number of likely N-dealkylation sites (tertiary alicyclic amines) is 1. The monoisotopic (exact) mass is 256 g/mol. The fraction of sp³-hybridized carbons (Fsp3) is 0.923. The van der Waals surface area contributed by atoms with Crippen LogP contribution in [0.2, 0.25) is 0 Å². The van der Waals surface area contributed by atoms with Crippen LogP contribution in [0.4, 0.5) is 0 Å². The second-order valence-corrected chi connectivity index (χ2v) is 5.43. The fourth-order valence-electron chi connectivity index (χ4n) is 2.44. The SMILES string of the molecule is CN(CC(=O)N(C)CCCN)CC1CCCN1C. The Balaban J connectivity index is 2.26. The molecule has 5 nitrogen and oxygen atoms in total. The van der Waals surface area contributed by atoms with Crippen molar-refractivity contribution in [1.29, 1.82) is 0 Å². The van der Waals surface area contributed by atoms with E-state index in [2.05, 4.69) is 16.8 Å². The molecule has 0 aromatic rings. The van der Waals surface area contributed by atoms with Gasteiger partial charge in [0.05, 0.1) is 6.54 Å². The first kappa shape index (κ1) is 15.4. The van der Waals surface area contributed by atoms with Crippen molar-refractivity contribution in [1.82, 2.24) is 14.7 Å². The molecule has 1 aliphatic rings. The first-order valence-electron chi connectivity index (χ1n) is 6.87. The Morgan fingerprint density at radius 3 is 2.72 bits per heavy atom. The van der Waals surface area contributed by atoms with Gasteiger partial charge in [-0.1, -0.05) is 0 Å². The molecule has 1 amide bonds. The van der Waals surface area contributed by atoms with Crippen LogP contribution in [0.15, 0.2) is 0 Å². The summed E-state index contributed by atoms with van der Waals surface area (Å²) in [6, 6.07) is 0.608. The zero-order valence-electron chi connectivity index (χ0n) is 12.1. The minimum Gasteiger partial charge on any atom is -0.345 e. The maximum absolute atomic E-state index is 11.9. The van der Waals surface area contributed by atoms with E-state index in [1.165, 1.54) is 19.4 Å². The first-order valence-corrected chi connectivity index (χ1v) is 6.87. The standard InChI is InChI=1S/C13H28N4O/c1-15(10-12-6-4-8-16(12)2)11-13(18)17(3)9-5-7-14/h12H,4-11,14H2,1-3H3. The summed E-state index contributed by atoms with van der Waals surface area (Å²) in [5.74, 6) is 0.187. The molecule has 1 rings (SSSR count). The van der Waals surface area contributed by atoms with Gasteiger partial charge in [-0.15, -0.1) is 0 Å². The molecule has 2 N–H and O–H groups in total. The number of carbonyl (C=O) groups excluding carboxylic acids is 1.